The number of aryl methyl sites for hydroxylation is 1. The maximum absolute atomic E-state index is 6.41. The molecule has 0 radical (unpaired) electrons. The van der Waals surface area contributed by atoms with Gasteiger partial charge in [-0.15, -0.1) is 5.10 Å². The van der Waals surface area contributed by atoms with Gasteiger partial charge in [0.1, 0.15) is 5.82 Å². The monoisotopic (exact) mass is 378 g/mol. The van der Waals surface area contributed by atoms with Gasteiger partial charge in [-0.05, 0) is 62.1 Å². The van der Waals surface area contributed by atoms with Crippen LogP contribution in [0.4, 0.5) is 17.2 Å². The van der Waals surface area contributed by atoms with Crippen molar-refractivity contribution >= 4 is 22.8 Å². The third-order valence-corrected chi connectivity index (χ3v) is 5.83. The van der Waals surface area contributed by atoms with Gasteiger partial charge >= 0.3 is 0 Å². The lowest BCUT2D eigenvalue weighted by molar-refractivity contribution is 0.396. The van der Waals surface area contributed by atoms with E-state index >= 15 is 0 Å². The number of nitrogens with two attached hydrogens (primary N) is 2. The molecule has 0 bridgehead atoms. The molecule has 0 spiro atoms. The third-order valence-electron chi connectivity index (χ3n) is 5.83. The maximum atomic E-state index is 6.41. The minimum Gasteiger partial charge on any atom is -0.382 e. The highest BCUT2D eigenvalue weighted by Gasteiger charge is 2.27. The van der Waals surface area contributed by atoms with Crippen LogP contribution in [-0.4, -0.2) is 20.6 Å². The molecular formula is C22H30N6. The van der Waals surface area contributed by atoms with E-state index in [4.69, 9.17) is 11.5 Å². The summed E-state index contributed by atoms with van der Waals surface area (Å²) >= 11 is 0. The molecule has 5 N–H and O–H groups in total. The van der Waals surface area contributed by atoms with Crippen molar-refractivity contribution in [1.82, 2.24) is 14.6 Å². The van der Waals surface area contributed by atoms with Gasteiger partial charge in [-0.1, -0.05) is 25.5 Å². The second-order valence-corrected chi connectivity index (χ2v) is 7.91. The van der Waals surface area contributed by atoms with E-state index in [1.54, 1.807) is 10.7 Å². The summed E-state index contributed by atoms with van der Waals surface area (Å²) < 4.78 is 1.76. The SMILES string of the molecule is CCCCc1ccc(Nc2c(C3CCC(N)CC3)c(N)nn3ccnc23)cc1. The molecule has 0 atom stereocenters. The number of nitrogens with one attached hydrogen (secondary N) is 1. The predicted octanol–water partition coefficient (Wildman–Crippen LogP) is 4.38. The smallest absolute Gasteiger partial charge is 0.177 e. The largest absolute Gasteiger partial charge is 0.382 e. The first kappa shape index (κ1) is 18.7. The summed E-state index contributed by atoms with van der Waals surface area (Å²) in [5.41, 5.74) is 17.8. The molecule has 0 unspecified atom stereocenters. The van der Waals surface area contributed by atoms with Crippen molar-refractivity contribution in [1.29, 1.82) is 0 Å². The van der Waals surface area contributed by atoms with Crippen molar-refractivity contribution in [2.75, 3.05) is 11.1 Å². The molecule has 28 heavy (non-hydrogen) atoms. The van der Waals surface area contributed by atoms with Gasteiger partial charge in [-0.2, -0.15) is 0 Å². The number of benzene rings is 1. The molecule has 1 fully saturated rings. The summed E-state index contributed by atoms with van der Waals surface area (Å²) in [6, 6.07) is 8.98. The summed E-state index contributed by atoms with van der Waals surface area (Å²) in [4.78, 5) is 4.54. The molecule has 148 valence electrons. The van der Waals surface area contributed by atoms with Gasteiger partial charge in [0.25, 0.3) is 0 Å². The topological polar surface area (TPSA) is 94.3 Å². The number of aromatic nitrogens is 3. The average Bonchev–Trinajstić information content (AvgIpc) is 3.17. The minimum absolute atomic E-state index is 0.299. The Morgan fingerprint density at radius 3 is 2.61 bits per heavy atom. The summed E-state index contributed by atoms with van der Waals surface area (Å²) in [5, 5.41) is 8.14. The van der Waals surface area contributed by atoms with Gasteiger partial charge in [-0.25, -0.2) is 9.50 Å². The number of imidazole rings is 1. The van der Waals surface area contributed by atoms with Gasteiger partial charge < -0.3 is 16.8 Å². The fourth-order valence-electron chi connectivity index (χ4n) is 4.20. The number of rotatable bonds is 6. The minimum atomic E-state index is 0.299. The lowest BCUT2D eigenvalue weighted by atomic mass is 9.81. The highest BCUT2D eigenvalue weighted by molar-refractivity contribution is 5.80. The van der Waals surface area contributed by atoms with Crippen LogP contribution in [0.2, 0.25) is 0 Å². The Bertz CT molecular complexity index is 922. The zero-order valence-electron chi connectivity index (χ0n) is 16.6. The molecule has 0 saturated heterocycles. The summed E-state index contributed by atoms with van der Waals surface area (Å²) in [6.07, 6.45) is 11.3. The Labute approximate surface area is 166 Å². The van der Waals surface area contributed by atoms with E-state index in [2.05, 4.69) is 46.6 Å². The average molecular weight is 379 g/mol. The lowest BCUT2D eigenvalue weighted by Gasteiger charge is -2.28. The van der Waals surface area contributed by atoms with Crippen molar-refractivity contribution in [2.45, 2.75) is 63.8 Å². The normalized spacial score (nSPS) is 19.8. The Balaban J connectivity index is 1.68. The number of fused-ring (bicyclic) bond motifs is 1. The van der Waals surface area contributed by atoms with Gasteiger partial charge in [0.15, 0.2) is 5.65 Å². The van der Waals surface area contributed by atoms with Gasteiger partial charge in [0.05, 0.1) is 5.69 Å². The lowest BCUT2D eigenvalue weighted by Crippen LogP contribution is -2.26. The van der Waals surface area contributed by atoms with Crippen LogP contribution in [0.25, 0.3) is 5.65 Å². The Morgan fingerprint density at radius 2 is 1.89 bits per heavy atom. The molecule has 6 heteroatoms. The maximum Gasteiger partial charge on any atom is 0.177 e. The van der Waals surface area contributed by atoms with Crippen LogP contribution in [0, 0.1) is 0 Å². The number of anilines is 3. The number of nitrogens with zero attached hydrogens (tertiary/aromatic N) is 3. The molecule has 1 aliphatic carbocycles. The van der Waals surface area contributed by atoms with Gasteiger partial charge in [0, 0.05) is 29.7 Å². The van der Waals surface area contributed by atoms with Crippen LogP contribution >= 0.6 is 0 Å². The zero-order chi connectivity index (χ0) is 19.5. The molecule has 0 aliphatic heterocycles. The van der Waals surface area contributed by atoms with E-state index < -0.39 is 0 Å². The Hall–Kier alpha value is -2.60. The van der Waals surface area contributed by atoms with Crippen molar-refractivity contribution in [3.63, 3.8) is 0 Å². The summed E-state index contributed by atoms with van der Waals surface area (Å²) in [7, 11) is 0. The number of nitrogen functional groups attached to an aromatic ring is 1. The molecule has 1 aromatic carbocycles. The van der Waals surface area contributed by atoms with E-state index in [-0.39, 0.29) is 0 Å². The van der Waals surface area contributed by atoms with Crippen LogP contribution in [0.3, 0.4) is 0 Å². The first-order chi connectivity index (χ1) is 13.7. The molecule has 0 amide bonds. The molecule has 6 nitrogen and oxygen atoms in total. The van der Waals surface area contributed by atoms with Crippen LogP contribution in [0.5, 0.6) is 0 Å². The van der Waals surface area contributed by atoms with Crippen molar-refractivity contribution < 1.29 is 0 Å². The van der Waals surface area contributed by atoms with E-state index in [0.717, 1.165) is 54.7 Å². The van der Waals surface area contributed by atoms with Gasteiger partial charge in [-0.3, -0.25) is 0 Å². The second-order valence-electron chi connectivity index (χ2n) is 7.91. The van der Waals surface area contributed by atoms with E-state index in [1.807, 2.05) is 6.20 Å². The molecule has 1 aliphatic rings. The van der Waals surface area contributed by atoms with E-state index in [0.29, 0.717) is 17.8 Å². The van der Waals surface area contributed by atoms with Crippen molar-refractivity contribution in [2.24, 2.45) is 5.73 Å². The van der Waals surface area contributed by atoms with Crippen LogP contribution < -0.4 is 16.8 Å². The van der Waals surface area contributed by atoms with Gasteiger partial charge in [0.2, 0.25) is 0 Å². The summed E-state index contributed by atoms with van der Waals surface area (Å²) in [6.45, 7) is 2.22. The first-order valence-corrected chi connectivity index (χ1v) is 10.4. The van der Waals surface area contributed by atoms with Crippen LogP contribution in [0.15, 0.2) is 36.7 Å². The van der Waals surface area contributed by atoms with Crippen molar-refractivity contribution in [3.8, 4) is 0 Å². The molecule has 2 aromatic heterocycles. The summed E-state index contributed by atoms with van der Waals surface area (Å²) in [5.74, 6) is 0.938. The molecule has 2 heterocycles. The molecule has 3 aromatic rings. The number of hydrogen-bond donors (Lipinski definition) is 3. The fraction of sp³-hybridized carbons (Fsp3) is 0.455. The third kappa shape index (κ3) is 3.83. The fourth-order valence-corrected chi connectivity index (χ4v) is 4.20. The molecular weight excluding hydrogens is 348 g/mol. The second kappa shape index (κ2) is 8.19. The Morgan fingerprint density at radius 1 is 1.14 bits per heavy atom. The molecule has 4 rings (SSSR count). The van der Waals surface area contributed by atoms with E-state index in [9.17, 15) is 0 Å². The standard InChI is InChI=1S/C22H30N6/c1-2-3-4-15-5-11-18(12-6-15)26-20-19(16-7-9-17(23)10-8-16)21(24)27-28-14-13-25-22(20)28/h5-6,11-14,16-17,26H,2-4,7-10,23H2,1H3,(H2,24,27). The first-order valence-electron chi connectivity index (χ1n) is 10.4. The Kier molecular flexibility index (Phi) is 5.48. The number of unbranched alkanes of at least 4 members (excludes halogenated alkanes) is 1. The predicted molar refractivity (Wildman–Crippen MR) is 115 cm³/mol. The number of hydrogen-bond acceptors (Lipinski definition) is 5. The highest BCUT2D eigenvalue weighted by atomic mass is 15.3. The van der Waals surface area contributed by atoms with Crippen LogP contribution in [-0.2, 0) is 6.42 Å². The van der Waals surface area contributed by atoms with Crippen LogP contribution in [0.1, 0.15) is 62.5 Å². The highest BCUT2D eigenvalue weighted by Crippen LogP contribution is 2.41. The molecule has 1 saturated carbocycles. The van der Waals surface area contributed by atoms with Crippen molar-refractivity contribution in [3.05, 3.63) is 47.8 Å². The van der Waals surface area contributed by atoms with E-state index in [1.165, 1.54) is 18.4 Å². The quantitative estimate of drug-likeness (QED) is 0.592. The zero-order valence-corrected chi connectivity index (χ0v) is 16.6.